The fourth-order valence-corrected chi connectivity index (χ4v) is 2.15. The number of nitrogens with one attached hydrogen (secondary N) is 2. The Balaban J connectivity index is 2.11. The second-order valence-corrected chi connectivity index (χ2v) is 5.26. The second kappa shape index (κ2) is 6.54. The predicted octanol–water partition coefficient (Wildman–Crippen LogP) is 3.13. The highest BCUT2D eigenvalue weighted by Crippen LogP contribution is 2.23. The van der Waals surface area contributed by atoms with Crippen LogP contribution in [0.4, 0.5) is 5.69 Å². The maximum absolute atomic E-state index is 12.1. The summed E-state index contributed by atoms with van der Waals surface area (Å²) < 4.78 is 0.725. The number of phenolic OH excluding ortho intramolecular Hbond substituents is 1. The van der Waals surface area contributed by atoms with Crippen molar-refractivity contribution in [1.29, 1.82) is 0 Å². The fraction of sp³-hybridized carbons (Fsp3) is 0.133. The Morgan fingerprint density at radius 3 is 2.50 bits per heavy atom. The number of halogens is 1. The molecule has 0 unspecified atom stereocenters. The molecule has 0 aromatic heterocycles. The second-order valence-electron chi connectivity index (χ2n) is 4.34. The van der Waals surface area contributed by atoms with Gasteiger partial charge in [-0.05, 0) is 42.9 Å². The predicted molar refractivity (Wildman–Crippen MR) is 83.0 cm³/mol. The molecule has 0 bridgehead atoms. The molecule has 0 atom stereocenters. The molecular formula is C15H15BrN2O2. The summed E-state index contributed by atoms with van der Waals surface area (Å²) in [5.74, 6) is -0.389. The molecule has 1 amide bonds. The van der Waals surface area contributed by atoms with Crippen molar-refractivity contribution in [3.05, 3.63) is 58.1 Å². The van der Waals surface area contributed by atoms with Crippen LogP contribution in [0.25, 0.3) is 0 Å². The molecule has 0 aliphatic rings. The number of carbonyl (C=O) groups excluding carboxylic acids is 1. The molecule has 0 saturated carbocycles. The molecule has 0 fully saturated rings. The fourth-order valence-electron chi connectivity index (χ4n) is 1.81. The Bertz CT molecular complexity index is 612. The summed E-state index contributed by atoms with van der Waals surface area (Å²) in [5, 5.41) is 15.6. The van der Waals surface area contributed by atoms with Crippen molar-refractivity contribution in [2.75, 3.05) is 12.4 Å². The Labute approximate surface area is 126 Å². The lowest BCUT2D eigenvalue weighted by Crippen LogP contribution is -2.12. The summed E-state index contributed by atoms with van der Waals surface area (Å²) in [5.41, 5.74) is 2.07. The van der Waals surface area contributed by atoms with Crippen LogP contribution in [0.15, 0.2) is 46.9 Å². The Morgan fingerprint density at radius 1 is 1.20 bits per heavy atom. The van der Waals surface area contributed by atoms with Crippen LogP contribution < -0.4 is 10.6 Å². The molecule has 5 heteroatoms. The number of rotatable bonds is 4. The third-order valence-corrected chi connectivity index (χ3v) is 3.29. The van der Waals surface area contributed by atoms with E-state index in [1.165, 1.54) is 6.07 Å². The molecule has 2 rings (SSSR count). The van der Waals surface area contributed by atoms with Crippen molar-refractivity contribution in [1.82, 2.24) is 5.32 Å². The van der Waals surface area contributed by atoms with Crippen LogP contribution in [0.1, 0.15) is 15.9 Å². The summed E-state index contributed by atoms with van der Waals surface area (Å²) in [6, 6.07) is 12.3. The van der Waals surface area contributed by atoms with E-state index in [2.05, 4.69) is 26.6 Å². The number of aromatic hydroxyl groups is 1. The quantitative estimate of drug-likeness (QED) is 0.805. The summed E-state index contributed by atoms with van der Waals surface area (Å²) in [6.45, 7) is 0.779. The van der Waals surface area contributed by atoms with Gasteiger partial charge in [-0.1, -0.05) is 28.1 Å². The molecule has 0 aliphatic carbocycles. The largest absolute Gasteiger partial charge is 0.507 e. The van der Waals surface area contributed by atoms with Crippen molar-refractivity contribution in [3.8, 4) is 5.75 Å². The minimum Gasteiger partial charge on any atom is -0.507 e. The molecule has 0 spiro atoms. The number of carbonyl (C=O) groups is 1. The standard InChI is InChI=1S/C15H15BrN2O2/c1-17-9-10-2-5-12(6-3-10)18-15(20)13-7-4-11(16)8-14(13)19/h2-8,17,19H,9H2,1H3,(H,18,20). The van der Waals surface area contributed by atoms with Crippen molar-refractivity contribution < 1.29 is 9.90 Å². The average Bonchev–Trinajstić information content (AvgIpc) is 2.41. The first-order valence-corrected chi connectivity index (χ1v) is 6.93. The topological polar surface area (TPSA) is 61.4 Å². The number of anilines is 1. The lowest BCUT2D eigenvalue weighted by atomic mass is 10.1. The molecule has 104 valence electrons. The lowest BCUT2D eigenvalue weighted by Gasteiger charge is -2.08. The highest BCUT2D eigenvalue weighted by atomic mass is 79.9. The molecule has 0 aliphatic heterocycles. The van der Waals surface area contributed by atoms with Gasteiger partial charge < -0.3 is 15.7 Å². The maximum Gasteiger partial charge on any atom is 0.259 e. The van der Waals surface area contributed by atoms with Crippen molar-refractivity contribution in [2.45, 2.75) is 6.54 Å². The van der Waals surface area contributed by atoms with Gasteiger partial charge in [-0.25, -0.2) is 0 Å². The molecule has 2 aromatic rings. The van der Waals surface area contributed by atoms with Gasteiger partial charge in [0.25, 0.3) is 5.91 Å². The van der Waals surface area contributed by atoms with E-state index in [0.717, 1.165) is 16.6 Å². The van der Waals surface area contributed by atoms with Gasteiger partial charge in [0.1, 0.15) is 5.75 Å². The molecule has 20 heavy (non-hydrogen) atoms. The third-order valence-electron chi connectivity index (χ3n) is 2.80. The zero-order valence-corrected chi connectivity index (χ0v) is 12.6. The average molecular weight is 335 g/mol. The van der Waals surface area contributed by atoms with E-state index in [9.17, 15) is 9.90 Å². The van der Waals surface area contributed by atoms with E-state index in [0.29, 0.717) is 5.69 Å². The van der Waals surface area contributed by atoms with E-state index < -0.39 is 0 Å². The van der Waals surface area contributed by atoms with Crippen molar-refractivity contribution in [2.24, 2.45) is 0 Å². The summed E-state index contributed by atoms with van der Waals surface area (Å²) in [7, 11) is 1.88. The highest BCUT2D eigenvalue weighted by molar-refractivity contribution is 9.10. The maximum atomic E-state index is 12.1. The minimum atomic E-state index is -0.337. The van der Waals surface area contributed by atoms with Crippen LogP contribution in [0.5, 0.6) is 5.75 Å². The first-order chi connectivity index (χ1) is 9.60. The van der Waals surface area contributed by atoms with Crippen LogP contribution >= 0.6 is 15.9 Å². The third kappa shape index (κ3) is 3.59. The first-order valence-electron chi connectivity index (χ1n) is 6.13. The number of benzene rings is 2. The van der Waals surface area contributed by atoms with Crippen LogP contribution in [0.2, 0.25) is 0 Å². The normalized spacial score (nSPS) is 10.3. The van der Waals surface area contributed by atoms with E-state index in [1.54, 1.807) is 12.1 Å². The molecular weight excluding hydrogens is 320 g/mol. The summed E-state index contributed by atoms with van der Waals surface area (Å²) in [6.07, 6.45) is 0. The Morgan fingerprint density at radius 2 is 1.90 bits per heavy atom. The van der Waals surface area contributed by atoms with Gasteiger partial charge in [0.15, 0.2) is 0 Å². The van der Waals surface area contributed by atoms with Gasteiger partial charge in [0.2, 0.25) is 0 Å². The monoisotopic (exact) mass is 334 g/mol. The van der Waals surface area contributed by atoms with Gasteiger partial charge in [-0.3, -0.25) is 4.79 Å². The highest BCUT2D eigenvalue weighted by Gasteiger charge is 2.11. The van der Waals surface area contributed by atoms with Gasteiger partial charge in [0, 0.05) is 16.7 Å². The van der Waals surface area contributed by atoms with E-state index >= 15 is 0 Å². The van der Waals surface area contributed by atoms with Gasteiger partial charge in [-0.15, -0.1) is 0 Å². The molecule has 0 heterocycles. The van der Waals surface area contributed by atoms with Crippen LogP contribution in [-0.2, 0) is 6.54 Å². The van der Waals surface area contributed by atoms with Gasteiger partial charge >= 0.3 is 0 Å². The molecule has 0 saturated heterocycles. The lowest BCUT2D eigenvalue weighted by molar-refractivity contribution is 0.102. The van der Waals surface area contributed by atoms with Crippen molar-refractivity contribution >= 4 is 27.5 Å². The summed E-state index contributed by atoms with van der Waals surface area (Å²) >= 11 is 3.24. The Hall–Kier alpha value is -1.85. The number of hydrogen-bond donors (Lipinski definition) is 3. The zero-order valence-electron chi connectivity index (χ0n) is 11.0. The van der Waals surface area contributed by atoms with Crippen molar-refractivity contribution in [3.63, 3.8) is 0 Å². The van der Waals surface area contributed by atoms with Crippen LogP contribution in [0.3, 0.4) is 0 Å². The van der Waals surface area contributed by atoms with Gasteiger partial charge in [0.05, 0.1) is 5.56 Å². The molecule has 3 N–H and O–H groups in total. The van der Waals surface area contributed by atoms with E-state index in [4.69, 9.17) is 0 Å². The molecule has 2 aromatic carbocycles. The Kier molecular flexibility index (Phi) is 4.76. The summed E-state index contributed by atoms with van der Waals surface area (Å²) in [4.78, 5) is 12.1. The zero-order chi connectivity index (χ0) is 14.5. The van der Waals surface area contributed by atoms with Gasteiger partial charge in [-0.2, -0.15) is 0 Å². The van der Waals surface area contributed by atoms with E-state index in [-0.39, 0.29) is 17.2 Å². The number of hydrogen-bond acceptors (Lipinski definition) is 3. The molecule has 0 radical (unpaired) electrons. The number of amides is 1. The smallest absolute Gasteiger partial charge is 0.259 e. The number of phenols is 1. The van der Waals surface area contributed by atoms with E-state index in [1.807, 2.05) is 31.3 Å². The molecule has 4 nitrogen and oxygen atoms in total. The first kappa shape index (κ1) is 14.6. The minimum absolute atomic E-state index is 0.0521. The van der Waals surface area contributed by atoms with Crippen LogP contribution in [0, 0.1) is 0 Å². The SMILES string of the molecule is CNCc1ccc(NC(=O)c2ccc(Br)cc2O)cc1. The van der Waals surface area contributed by atoms with Crippen LogP contribution in [-0.4, -0.2) is 18.1 Å².